The van der Waals surface area contributed by atoms with Gasteiger partial charge >= 0.3 is 64.8 Å². The topological polar surface area (TPSA) is 125 Å². The van der Waals surface area contributed by atoms with Crippen LogP contribution in [0.25, 0.3) is 0 Å². The molecule has 1 aromatic rings. The second-order valence-corrected chi connectivity index (χ2v) is 3.75. The number of nitrogens with zero attached hydrogens (tertiary/aromatic N) is 1. The quantitative estimate of drug-likeness (QED) is 0.410. The summed E-state index contributed by atoms with van der Waals surface area (Å²) in [4.78, 5) is 24.3. The fraction of sp³-hybridized carbons (Fsp3) is 0.556. The number of rotatable bonds is 2. The van der Waals surface area contributed by atoms with Gasteiger partial charge in [0.2, 0.25) is 0 Å². The number of H-pyrrole nitrogens is 1. The maximum absolute atomic E-state index is 11.4. The van der Waals surface area contributed by atoms with E-state index in [9.17, 15) is 19.8 Å². The molecule has 2 heterocycles. The Morgan fingerprint density at radius 1 is 1.26 bits per heavy atom. The van der Waals surface area contributed by atoms with Crippen molar-refractivity contribution >= 4 is 59.1 Å². The van der Waals surface area contributed by atoms with E-state index >= 15 is 0 Å². The SMILES string of the molecule is O=c1ccn([C@@H]2O[C@H](CO)[C@@H](O)[C@H]2O)c(=O)[nH]1.[NaH].[NaH]. The van der Waals surface area contributed by atoms with E-state index in [-0.39, 0.29) is 59.1 Å². The van der Waals surface area contributed by atoms with Crippen molar-refractivity contribution in [1.82, 2.24) is 9.55 Å². The average Bonchev–Trinajstić information content (AvgIpc) is 2.57. The van der Waals surface area contributed by atoms with Crippen LogP contribution in [0, 0.1) is 0 Å². The summed E-state index contributed by atoms with van der Waals surface area (Å²) in [6.45, 7) is -0.479. The molecule has 1 aliphatic heterocycles. The molecule has 1 aliphatic rings. The Labute approximate surface area is 152 Å². The Morgan fingerprint density at radius 2 is 1.89 bits per heavy atom. The van der Waals surface area contributed by atoms with Gasteiger partial charge in [-0.2, -0.15) is 0 Å². The zero-order chi connectivity index (χ0) is 12.6. The van der Waals surface area contributed by atoms with E-state index in [1.54, 1.807) is 0 Å². The average molecular weight is 292 g/mol. The molecule has 4 atom stereocenters. The van der Waals surface area contributed by atoms with E-state index in [1.165, 1.54) is 0 Å². The summed E-state index contributed by atoms with van der Waals surface area (Å²) >= 11 is 0. The number of ether oxygens (including phenoxy) is 1. The van der Waals surface area contributed by atoms with E-state index < -0.39 is 42.4 Å². The third-order valence-corrected chi connectivity index (χ3v) is 2.64. The standard InChI is InChI=1S/C9H12N2O6.2Na.2H/c12-3-4-6(14)7(15)8(17-4)11-2-1-5(13)10-9(11)16;;;;/h1-2,4,6-8,12,14-15H,3H2,(H,10,13,16);;;;/t4-,6-,7-,8-;;;;/m1..../s1. The van der Waals surface area contributed by atoms with Crippen molar-refractivity contribution in [2.45, 2.75) is 24.5 Å². The van der Waals surface area contributed by atoms with Crippen molar-refractivity contribution in [3.05, 3.63) is 33.1 Å². The minimum atomic E-state index is -1.35. The number of hydrogen-bond acceptors (Lipinski definition) is 6. The fourth-order valence-electron chi connectivity index (χ4n) is 1.74. The van der Waals surface area contributed by atoms with Crippen molar-refractivity contribution < 1.29 is 20.1 Å². The van der Waals surface area contributed by atoms with Crippen LogP contribution in [0.3, 0.4) is 0 Å². The number of aromatic amines is 1. The zero-order valence-corrected chi connectivity index (χ0v) is 8.68. The normalized spacial score (nSPS) is 29.4. The van der Waals surface area contributed by atoms with Gasteiger partial charge in [0.15, 0.2) is 6.23 Å². The first-order valence-electron chi connectivity index (χ1n) is 4.98. The predicted octanol–water partition coefficient (Wildman–Crippen LogP) is -4.15. The van der Waals surface area contributed by atoms with E-state index in [0.29, 0.717) is 0 Å². The second kappa shape index (κ2) is 8.08. The first-order chi connectivity index (χ1) is 8.04. The molecule has 1 fully saturated rings. The number of hydrogen-bond donors (Lipinski definition) is 4. The van der Waals surface area contributed by atoms with Crippen molar-refractivity contribution in [3.63, 3.8) is 0 Å². The molecule has 0 aliphatic carbocycles. The van der Waals surface area contributed by atoms with Gasteiger partial charge < -0.3 is 20.1 Å². The Balaban J connectivity index is 0.00000162. The molecule has 8 nitrogen and oxygen atoms in total. The van der Waals surface area contributed by atoms with Crippen LogP contribution in [0.2, 0.25) is 0 Å². The van der Waals surface area contributed by atoms with Gasteiger partial charge in [0, 0.05) is 12.3 Å². The minimum absolute atomic E-state index is 0. The van der Waals surface area contributed by atoms with Gasteiger partial charge in [-0.15, -0.1) is 0 Å². The number of nitrogens with one attached hydrogen (secondary N) is 1. The fourth-order valence-corrected chi connectivity index (χ4v) is 1.74. The molecule has 0 bridgehead atoms. The molecule has 0 radical (unpaired) electrons. The van der Waals surface area contributed by atoms with Gasteiger partial charge in [-0.1, -0.05) is 0 Å². The molecule has 0 spiro atoms. The van der Waals surface area contributed by atoms with E-state index in [4.69, 9.17) is 9.84 Å². The van der Waals surface area contributed by atoms with Crippen LogP contribution in [0.1, 0.15) is 6.23 Å². The van der Waals surface area contributed by atoms with Crippen molar-refractivity contribution in [2.75, 3.05) is 6.61 Å². The van der Waals surface area contributed by atoms with Gasteiger partial charge in [-0.3, -0.25) is 14.3 Å². The van der Waals surface area contributed by atoms with E-state index in [1.807, 2.05) is 4.98 Å². The number of aliphatic hydroxyl groups is 3. The van der Waals surface area contributed by atoms with Gasteiger partial charge in [-0.05, 0) is 0 Å². The predicted molar refractivity (Wildman–Crippen MR) is 68.6 cm³/mol. The monoisotopic (exact) mass is 292 g/mol. The summed E-state index contributed by atoms with van der Waals surface area (Å²) in [5.74, 6) is 0. The molecule has 0 saturated carbocycles. The van der Waals surface area contributed by atoms with Gasteiger partial charge in [-0.25, -0.2) is 4.79 Å². The third kappa shape index (κ3) is 4.01. The maximum atomic E-state index is 11.4. The van der Waals surface area contributed by atoms with Gasteiger partial charge in [0.1, 0.15) is 18.3 Å². The molecule has 1 saturated heterocycles. The molecule has 0 unspecified atom stereocenters. The van der Waals surface area contributed by atoms with Crippen LogP contribution in [-0.2, 0) is 4.74 Å². The van der Waals surface area contributed by atoms with Crippen LogP contribution in [0.15, 0.2) is 21.9 Å². The second-order valence-electron chi connectivity index (χ2n) is 3.75. The number of aromatic nitrogens is 2. The van der Waals surface area contributed by atoms with Crippen LogP contribution >= 0.6 is 0 Å². The molecular formula is C9H14N2Na2O6. The number of aliphatic hydroxyl groups excluding tert-OH is 3. The molecule has 19 heavy (non-hydrogen) atoms. The Bertz CT molecular complexity index is 518. The van der Waals surface area contributed by atoms with E-state index in [0.717, 1.165) is 16.8 Å². The molecule has 0 amide bonds. The zero-order valence-electron chi connectivity index (χ0n) is 8.68. The third-order valence-electron chi connectivity index (χ3n) is 2.64. The molecule has 0 aromatic carbocycles. The molecule has 2 rings (SSSR count). The molecule has 10 heteroatoms. The summed E-state index contributed by atoms with van der Waals surface area (Å²) in [6.07, 6.45) is -3.58. The van der Waals surface area contributed by atoms with Gasteiger partial charge in [0.25, 0.3) is 5.56 Å². The molecule has 4 N–H and O–H groups in total. The van der Waals surface area contributed by atoms with Gasteiger partial charge in [0.05, 0.1) is 6.61 Å². The van der Waals surface area contributed by atoms with Crippen molar-refractivity contribution in [1.29, 1.82) is 0 Å². The van der Waals surface area contributed by atoms with Crippen molar-refractivity contribution in [2.24, 2.45) is 0 Å². The Morgan fingerprint density at radius 3 is 2.37 bits per heavy atom. The summed E-state index contributed by atoms with van der Waals surface area (Å²) in [5, 5.41) is 28.1. The first kappa shape index (κ1) is 19.5. The summed E-state index contributed by atoms with van der Waals surface area (Å²) in [7, 11) is 0. The summed E-state index contributed by atoms with van der Waals surface area (Å²) in [5.41, 5.74) is -1.33. The Kier molecular flexibility index (Phi) is 8.30. The van der Waals surface area contributed by atoms with E-state index in [2.05, 4.69) is 0 Å². The van der Waals surface area contributed by atoms with Crippen LogP contribution in [0.5, 0.6) is 0 Å². The molecule has 1 aromatic heterocycles. The van der Waals surface area contributed by atoms with Crippen molar-refractivity contribution in [3.8, 4) is 0 Å². The summed E-state index contributed by atoms with van der Waals surface area (Å²) < 4.78 is 6.08. The summed E-state index contributed by atoms with van der Waals surface area (Å²) in [6, 6.07) is 1.09. The van der Waals surface area contributed by atoms with Crippen LogP contribution < -0.4 is 11.2 Å². The first-order valence-corrected chi connectivity index (χ1v) is 4.98. The van der Waals surface area contributed by atoms with Crippen LogP contribution in [-0.4, -0.2) is 109 Å². The molecular weight excluding hydrogens is 278 g/mol. The molecule has 98 valence electrons. The Hall–Kier alpha value is 0.520. The van der Waals surface area contributed by atoms with Crippen LogP contribution in [0.4, 0.5) is 0 Å².